The van der Waals surface area contributed by atoms with Gasteiger partial charge in [0.2, 0.25) is 0 Å². The Morgan fingerprint density at radius 2 is 1.61 bits per heavy atom. The van der Waals surface area contributed by atoms with Gasteiger partial charge < -0.3 is 14.8 Å². The summed E-state index contributed by atoms with van der Waals surface area (Å²) in [6.45, 7) is 4.22. The van der Waals surface area contributed by atoms with E-state index in [0.717, 1.165) is 28.9 Å². The number of hydrogen-bond donors (Lipinski definition) is 1. The monoisotopic (exact) mass is 415 g/mol. The van der Waals surface area contributed by atoms with E-state index in [9.17, 15) is 9.59 Å². The molecule has 2 aromatic carbocycles. The summed E-state index contributed by atoms with van der Waals surface area (Å²) in [5.74, 6) is 0.820. The molecule has 31 heavy (non-hydrogen) atoms. The molecule has 2 aliphatic carbocycles. The number of nitrogens with one attached hydrogen (secondary N) is 1. The SMILES string of the molecule is COc1ccc([C@H]2C3=C(CC(C)(C)CC3=O)NC3=C2C(=O)c2ccccc23)cc1OC. The van der Waals surface area contributed by atoms with Crippen LogP contribution in [0.5, 0.6) is 11.5 Å². The molecule has 0 saturated heterocycles. The van der Waals surface area contributed by atoms with Crippen LogP contribution in [0.1, 0.15) is 54.1 Å². The number of hydrogen-bond acceptors (Lipinski definition) is 5. The fourth-order valence-corrected chi connectivity index (χ4v) is 5.16. The molecule has 2 aromatic rings. The van der Waals surface area contributed by atoms with Gasteiger partial charge >= 0.3 is 0 Å². The highest BCUT2D eigenvalue weighted by molar-refractivity contribution is 6.23. The summed E-state index contributed by atoms with van der Waals surface area (Å²) in [6.07, 6.45) is 1.21. The van der Waals surface area contributed by atoms with Gasteiger partial charge in [-0.1, -0.05) is 44.2 Å². The topological polar surface area (TPSA) is 64.6 Å². The number of methoxy groups -OCH3 is 2. The average molecular weight is 415 g/mol. The van der Waals surface area contributed by atoms with Crippen molar-refractivity contribution in [2.75, 3.05) is 14.2 Å². The quantitative estimate of drug-likeness (QED) is 0.791. The van der Waals surface area contributed by atoms with E-state index in [1.807, 2.05) is 42.5 Å². The summed E-state index contributed by atoms with van der Waals surface area (Å²) in [7, 11) is 3.18. The number of dihydropyridines is 1. The van der Waals surface area contributed by atoms with Crippen molar-refractivity contribution in [3.05, 3.63) is 76.0 Å². The van der Waals surface area contributed by atoms with Crippen molar-refractivity contribution in [1.82, 2.24) is 5.32 Å². The van der Waals surface area contributed by atoms with Gasteiger partial charge in [0.1, 0.15) is 0 Å². The molecule has 0 amide bonds. The van der Waals surface area contributed by atoms with Crippen LogP contribution >= 0.6 is 0 Å². The highest BCUT2D eigenvalue weighted by Gasteiger charge is 2.46. The Hall–Kier alpha value is -3.34. The third kappa shape index (κ3) is 2.91. The zero-order valence-electron chi connectivity index (χ0n) is 18.2. The first kappa shape index (κ1) is 19.6. The molecule has 0 fully saturated rings. The number of ketones is 2. The molecule has 158 valence electrons. The molecular formula is C26H25NO4. The van der Waals surface area contributed by atoms with Gasteiger partial charge in [-0.15, -0.1) is 0 Å². The minimum Gasteiger partial charge on any atom is -0.493 e. The molecular weight excluding hydrogens is 390 g/mol. The van der Waals surface area contributed by atoms with Gasteiger partial charge in [0.15, 0.2) is 23.1 Å². The summed E-state index contributed by atoms with van der Waals surface area (Å²) >= 11 is 0. The van der Waals surface area contributed by atoms with E-state index in [1.54, 1.807) is 14.2 Å². The Bertz CT molecular complexity index is 1200. The van der Waals surface area contributed by atoms with Crippen molar-refractivity contribution in [3.63, 3.8) is 0 Å². The Morgan fingerprint density at radius 3 is 2.32 bits per heavy atom. The van der Waals surface area contributed by atoms with Gasteiger partial charge in [0, 0.05) is 40.3 Å². The van der Waals surface area contributed by atoms with E-state index in [2.05, 4.69) is 19.2 Å². The third-order valence-electron chi connectivity index (χ3n) is 6.47. The Labute approximate surface area is 181 Å². The van der Waals surface area contributed by atoms with Gasteiger partial charge in [-0.05, 0) is 29.5 Å². The second-order valence-electron chi connectivity index (χ2n) is 9.17. The highest BCUT2D eigenvalue weighted by Crippen LogP contribution is 2.51. The van der Waals surface area contributed by atoms with Crippen molar-refractivity contribution in [3.8, 4) is 11.5 Å². The van der Waals surface area contributed by atoms with Crippen molar-refractivity contribution in [2.24, 2.45) is 5.41 Å². The molecule has 5 nitrogen and oxygen atoms in total. The summed E-state index contributed by atoms with van der Waals surface area (Å²) < 4.78 is 10.9. The fourth-order valence-electron chi connectivity index (χ4n) is 5.16. The maximum Gasteiger partial charge on any atom is 0.192 e. The fraction of sp³-hybridized carbons (Fsp3) is 0.308. The zero-order valence-corrected chi connectivity index (χ0v) is 18.2. The molecule has 1 heterocycles. The molecule has 3 aliphatic rings. The maximum atomic E-state index is 13.5. The summed E-state index contributed by atoms with van der Waals surface area (Å²) in [6, 6.07) is 13.3. The number of allylic oxidation sites excluding steroid dienone is 3. The largest absolute Gasteiger partial charge is 0.493 e. The lowest BCUT2D eigenvalue weighted by atomic mass is 9.68. The number of ether oxygens (including phenoxy) is 2. The molecule has 0 aromatic heterocycles. The summed E-state index contributed by atoms with van der Waals surface area (Å²) in [5.41, 5.74) is 5.38. The number of carbonyl (C=O) groups is 2. The van der Waals surface area contributed by atoms with E-state index in [0.29, 0.717) is 34.6 Å². The predicted octanol–water partition coefficient (Wildman–Crippen LogP) is 4.64. The first-order valence-electron chi connectivity index (χ1n) is 10.5. The van der Waals surface area contributed by atoms with Gasteiger partial charge in [-0.2, -0.15) is 0 Å². The van der Waals surface area contributed by atoms with Crippen LogP contribution in [0.25, 0.3) is 5.70 Å². The van der Waals surface area contributed by atoms with Crippen LogP contribution < -0.4 is 14.8 Å². The van der Waals surface area contributed by atoms with E-state index in [1.165, 1.54) is 0 Å². The summed E-state index contributed by atoms with van der Waals surface area (Å²) in [4.78, 5) is 26.9. The molecule has 0 spiro atoms. The van der Waals surface area contributed by atoms with Crippen LogP contribution in [0.4, 0.5) is 0 Å². The van der Waals surface area contributed by atoms with Crippen molar-refractivity contribution in [1.29, 1.82) is 0 Å². The van der Waals surface area contributed by atoms with Gasteiger partial charge in [-0.25, -0.2) is 0 Å². The molecule has 0 bridgehead atoms. The standard InChI is InChI=1S/C26H25NO4/c1-26(2)12-17-22(18(28)13-26)21(14-9-10-19(30-3)20(11-14)31-4)23-24(27-17)15-7-5-6-8-16(15)25(23)29/h5-11,21,27H,12-13H2,1-4H3/t21-/m0/s1. The van der Waals surface area contributed by atoms with Crippen LogP contribution in [-0.2, 0) is 4.79 Å². The van der Waals surface area contributed by atoms with E-state index >= 15 is 0 Å². The molecule has 5 heteroatoms. The van der Waals surface area contributed by atoms with Crippen LogP contribution in [0.15, 0.2) is 59.3 Å². The lowest BCUT2D eigenvalue weighted by Gasteiger charge is -2.39. The maximum absolute atomic E-state index is 13.5. The minimum absolute atomic E-state index is 0.0259. The van der Waals surface area contributed by atoms with Gasteiger partial charge in [0.05, 0.1) is 19.9 Å². The number of Topliss-reactive ketones (excluding diaryl/α,β-unsaturated/α-hetero) is 2. The van der Waals surface area contributed by atoms with Crippen LogP contribution in [0, 0.1) is 5.41 Å². The minimum atomic E-state index is -0.436. The van der Waals surface area contributed by atoms with Crippen molar-refractivity contribution in [2.45, 2.75) is 32.6 Å². The highest BCUT2D eigenvalue weighted by atomic mass is 16.5. The lowest BCUT2D eigenvalue weighted by Crippen LogP contribution is -2.37. The number of benzene rings is 2. The van der Waals surface area contributed by atoms with Crippen LogP contribution in [-0.4, -0.2) is 25.8 Å². The number of rotatable bonds is 3. The van der Waals surface area contributed by atoms with Crippen molar-refractivity contribution < 1.29 is 19.1 Å². The van der Waals surface area contributed by atoms with E-state index < -0.39 is 5.92 Å². The Kier molecular flexibility index (Phi) is 4.33. The average Bonchev–Trinajstić information content (AvgIpc) is 3.03. The predicted molar refractivity (Wildman–Crippen MR) is 118 cm³/mol. The van der Waals surface area contributed by atoms with Crippen LogP contribution in [0.3, 0.4) is 0 Å². The van der Waals surface area contributed by atoms with E-state index in [-0.39, 0.29) is 17.0 Å². The molecule has 1 aliphatic heterocycles. The zero-order chi connectivity index (χ0) is 21.9. The molecule has 0 saturated carbocycles. The Morgan fingerprint density at radius 1 is 0.903 bits per heavy atom. The second-order valence-corrected chi connectivity index (χ2v) is 9.17. The molecule has 0 unspecified atom stereocenters. The molecule has 5 rings (SSSR count). The summed E-state index contributed by atoms with van der Waals surface area (Å²) in [5, 5.41) is 3.50. The van der Waals surface area contributed by atoms with Gasteiger partial charge in [-0.3, -0.25) is 9.59 Å². The number of fused-ring (bicyclic) bond motifs is 2. The van der Waals surface area contributed by atoms with Gasteiger partial charge in [0.25, 0.3) is 0 Å². The van der Waals surface area contributed by atoms with E-state index in [4.69, 9.17) is 9.47 Å². The first-order valence-corrected chi connectivity index (χ1v) is 10.5. The molecule has 0 radical (unpaired) electrons. The molecule has 1 atom stereocenters. The molecule has 1 N–H and O–H groups in total. The number of carbonyl (C=O) groups excluding carboxylic acids is 2. The smallest absolute Gasteiger partial charge is 0.192 e. The van der Waals surface area contributed by atoms with Crippen LogP contribution in [0.2, 0.25) is 0 Å². The van der Waals surface area contributed by atoms with Crippen molar-refractivity contribution >= 4 is 17.3 Å². The lowest BCUT2D eigenvalue weighted by molar-refractivity contribution is -0.118. The Balaban J connectivity index is 1.75. The third-order valence-corrected chi connectivity index (χ3v) is 6.47. The normalized spacial score (nSPS) is 21.4. The second kappa shape index (κ2) is 6.84. The first-order chi connectivity index (χ1) is 14.8.